The van der Waals surface area contributed by atoms with Gasteiger partial charge in [0, 0.05) is 62.3 Å². The number of fused-ring (bicyclic) bond motifs is 2. The molecule has 6 heterocycles. The second kappa shape index (κ2) is 10.4. The maximum absolute atomic E-state index is 12.7. The zero-order valence-corrected chi connectivity index (χ0v) is 20.9. The number of aryl methyl sites for hydroxylation is 1. The number of aromatic nitrogens is 4. The molecule has 0 spiro atoms. The van der Waals surface area contributed by atoms with Crippen molar-refractivity contribution < 1.29 is 9.53 Å². The summed E-state index contributed by atoms with van der Waals surface area (Å²) in [4.78, 5) is 28.7. The number of pyridine rings is 3. The van der Waals surface area contributed by atoms with E-state index < -0.39 is 0 Å². The maximum Gasteiger partial charge on any atom is 0.254 e. The number of nitrogens with one attached hydrogen (secondary N) is 2. The summed E-state index contributed by atoms with van der Waals surface area (Å²) in [5.41, 5.74) is 5.75. The zero-order chi connectivity index (χ0) is 25.1. The average Bonchev–Trinajstić information content (AvgIpc) is 3.63. The standard InChI is InChI=1S/C23H23N7O.C4H8O/c1-29(2)13-14-5-4-6-19(27-14)28-18-12-25-21(17-11-26-23(31)20(17)18)15-7-9-24-22-16(15)8-10-30(22)3;1-2-4-5-3-1/h4-10,12H,11,13H2,1-3H3,(H,26,31)(H,27,28);1-4H2. The molecule has 0 aliphatic carbocycles. The van der Waals surface area contributed by atoms with Crippen LogP contribution in [-0.4, -0.2) is 57.6 Å². The van der Waals surface area contributed by atoms with Crippen molar-refractivity contribution in [3.8, 4) is 11.3 Å². The Hall–Kier alpha value is -3.82. The molecule has 1 amide bonds. The molecule has 6 rings (SSSR count). The lowest BCUT2D eigenvalue weighted by molar-refractivity contribution is 0.0966. The van der Waals surface area contributed by atoms with Crippen LogP contribution >= 0.6 is 0 Å². The zero-order valence-electron chi connectivity index (χ0n) is 20.9. The van der Waals surface area contributed by atoms with Crippen molar-refractivity contribution in [2.45, 2.75) is 25.9 Å². The fourth-order valence-electron chi connectivity index (χ4n) is 4.55. The highest BCUT2D eigenvalue weighted by molar-refractivity contribution is 6.06. The lowest BCUT2D eigenvalue weighted by Gasteiger charge is -2.14. The predicted molar refractivity (Wildman–Crippen MR) is 140 cm³/mol. The Balaban J connectivity index is 0.000000477. The van der Waals surface area contributed by atoms with Gasteiger partial charge in [0.2, 0.25) is 0 Å². The summed E-state index contributed by atoms with van der Waals surface area (Å²) in [6.07, 6.45) is 8.03. The highest BCUT2D eigenvalue weighted by atomic mass is 16.5. The minimum Gasteiger partial charge on any atom is -0.381 e. The van der Waals surface area contributed by atoms with Gasteiger partial charge in [0.25, 0.3) is 5.91 Å². The molecule has 1 fully saturated rings. The average molecular weight is 486 g/mol. The molecule has 36 heavy (non-hydrogen) atoms. The lowest BCUT2D eigenvalue weighted by atomic mass is 10.0. The number of hydrogen-bond donors (Lipinski definition) is 2. The van der Waals surface area contributed by atoms with E-state index in [9.17, 15) is 4.79 Å². The number of carbonyl (C=O) groups excluding carboxylic acids is 1. The smallest absolute Gasteiger partial charge is 0.254 e. The Morgan fingerprint density at radius 2 is 1.97 bits per heavy atom. The molecule has 0 radical (unpaired) electrons. The van der Waals surface area contributed by atoms with E-state index in [0.29, 0.717) is 23.6 Å². The molecule has 2 aliphatic heterocycles. The molecule has 0 unspecified atom stereocenters. The first-order chi connectivity index (χ1) is 17.5. The van der Waals surface area contributed by atoms with E-state index >= 15 is 0 Å². The normalized spacial score (nSPS) is 14.5. The highest BCUT2D eigenvalue weighted by Crippen LogP contribution is 2.35. The second-order valence-corrected chi connectivity index (χ2v) is 9.28. The summed E-state index contributed by atoms with van der Waals surface area (Å²) in [6.45, 7) is 3.18. The van der Waals surface area contributed by atoms with Gasteiger partial charge < -0.3 is 24.8 Å². The van der Waals surface area contributed by atoms with Crippen LogP contribution < -0.4 is 10.6 Å². The van der Waals surface area contributed by atoms with Gasteiger partial charge in [-0.05, 0) is 51.2 Å². The van der Waals surface area contributed by atoms with Gasteiger partial charge in [-0.15, -0.1) is 0 Å². The van der Waals surface area contributed by atoms with Crippen molar-refractivity contribution in [3.05, 3.63) is 65.7 Å². The Bertz CT molecular complexity index is 1380. The van der Waals surface area contributed by atoms with E-state index in [4.69, 9.17) is 9.72 Å². The minimum absolute atomic E-state index is 0.107. The van der Waals surface area contributed by atoms with Crippen LogP contribution in [0.3, 0.4) is 0 Å². The molecule has 2 aliphatic rings. The molecule has 0 bridgehead atoms. The fraction of sp³-hybridized carbons (Fsp3) is 0.333. The summed E-state index contributed by atoms with van der Waals surface area (Å²) < 4.78 is 6.92. The van der Waals surface area contributed by atoms with E-state index in [1.54, 1.807) is 12.4 Å². The van der Waals surface area contributed by atoms with Crippen molar-refractivity contribution in [2.24, 2.45) is 7.05 Å². The van der Waals surface area contributed by atoms with E-state index in [1.165, 1.54) is 12.8 Å². The third-order valence-corrected chi connectivity index (χ3v) is 6.23. The first-order valence-electron chi connectivity index (χ1n) is 12.2. The largest absolute Gasteiger partial charge is 0.381 e. The van der Waals surface area contributed by atoms with E-state index in [2.05, 4.69) is 25.5 Å². The van der Waals surface area contributed by atoms with Crippen LogP contribution in [0.15, 0.2) is 48.9 Å². The van der Waals surface area contributed by atoms with Crippen molar-refractivity contribution in [1.29, 1.82) is 0 Å². The number of hydrogen-bond acceptors (Lipinski definition) is 7. The quantitative estimate of drug-likeness (QED) is 0.443. The van der Waals surface area contributed by atoms with Crippen molar-refractivity contribution >= 4 is 28.4 Å². The molecular formula is C27H31N7O2. The first kappa shape index (κ1) is 23.9. The van der Waals surface area contributed by atoms with Gasteiger partial charge in [-0.1, -0.05) is 6.07 Å². The van der Waals surface area contributed by atoms with Gasteiger partial charge in [-0.2, -0.15) is 0 Å². The number of nitrogens with zero attached hydrogens (tertiary/aromatic N) is 5. The number of amides is 1. The molecule has 9 nitrogen and oxygen atoms in total. The van der Waals surface area contributed by atoms with Crippen LogP contribution in [0, 0.1) is 0 Å². The second-order valence-electron chi connectivity index (χ2n) is 9.28. The highest BCUT2D eigenvalue weighted by Gasteiger charge is 2.28. The Morgan fingerprint density at radius 1 is 1.14 bits per heavy atom. The van der Waals surface area contributed by atoms with E-state index in [0.717, 1.165) is 53.3 Å². The number of ether oxygens (including phenoxy) is 1. The van der Waals surface area contributed by atoms with Crippen LogP contribution in [0.2, 0.25) is 0 Å². The van der Waals surface area contributed by atoms with Crippen molar-refractivity contribution in [1.82, 2.24) is 29.7 Å². The van der Waals surface area contributed by atoms with Gasteiger partial charge in [-0.3, -0.25) is 9.78 Å². The van der Waals surface area contributed by atoms with Crippen LogP contribution in [0.1, 0.15) is 34.5 Å². The third kappa shape index (κ3) is 4.93. The van der Waals surface area contributed by atoms with Crippen LogP contribution in [-0.2, 0) is 24.9 Å². The summed E-state index contributed by atoms with van der Waals surface area (Å²) in [7, 11) is 5.97. The summed E-state index contributed by atoms with van der Waals surface area (Å²) in [5, 5.41) is 7.26. The van der Waals surface area contributed by atoms with Crippen molar-refractivity contribution in [3.63, 3.8) is 0 Å². The summed E-state index contributed by atoms with van der Waals surface area (Å²) >= 11 is 0. The van der Waals surface area contributed by atoms with Gasteiger partial charge >= 0.3 is 0 Å². The molecule has 4 aromatic heterocycles. The van der Waals surface area contributed by atoms with Crippen LogP contribution in [0.4, 0.5) is 11.5 Å². The first-order valence-corrected chi connectivity index (χ1v) is 12.2. The van der Waals surface area contributed by atoms with E-state index in [1.807, 2.05) is 62.2 Å². The molecule has 186 valence electrons. The summed E-state index contributed by atoms with van der Waals surface area (Å²) in [5.74, 6) is 0.578. The van der Waals surface area contributed by atoms with Crippen molar-refractivity contribution in [2.75, 3.05) is 32.6 Å². The number of rotatable bonds is 5. The molecule has 0 aromatic carbocycles. The van der Waals surface area contributed by atoms with Crippen LogP contribution in [0.25, 0.3) is 22.3 Å². The lowest BCUT2D eigenvalue weighted by Crippen LogP contribution is -2.14. The number of anilines is 2. The van der Waals surface area contributed by atoms with Gasteiger partial charge in [0.05, 0.1) is 28.8 Å². The molecule has 0 atom stereocenters. The molecule has 0 saturated carbocycles. The molecule has 4 aromatic rings. The summed E-state index contributed by atoms with van der Waals surface area (Å²) in [6, 6.07) is 9.82. The van der Waals surface area contributed by atoms with E-state index in [-0.39, 0.29) is 5.91 Å². The van der Waals surface area contributed by atoms with Gasteiger partial charge in [-0.25, -0.2) is 9.97 Å². The topological polar surface area (TPSA) is 97.2 Å². The minimum atomic E-state index is -0.107. The van der Waals surface area contributed by atoms with Gasteiger partial charge in [0.15, 0.2) is 0 Å². The molecule has 1 saturated heterocycles. The van der Waals surface area contributed by atoms with Gasteiger partial charge in [0.1, 0.15) is 11.5 Å². The SMILES string of the molecule is C1CCOC1.CN(C)Cc1cccc(Nc2cnc(-c3ccnc4c3ccn4C)c3c2C(=O)NC3)n1. The maximum atomic E-state index is 12.7. The Kier molecular flexibility index (Phi) is 6.92. The Labute approximate surface area is 210 Å². The predicted octanol–water partition coefficient (Wildman–Crippen LogP) is 3.88. The molecule has 2 N–H and O–H groups in total. The molecule has 9 heteroatoms. The van der Waals surface area contributed by atoms with Crippen LogP contribution in [0.5, 0.6) is 0 Å². The Morgan fingerprint density at radius 3 is 2.72 bits per heavy atom. The third-order valence-electron chi connectivity index (χ3n) is 6.23. The number of carbonyl (C=O) groups is 1. The fourth-order valence-corrected chi connectivity index (χ4v) is 4.55. The monoisotopic (exact) mass is 485 g/mol. The molecular weight excluding hydrogens is 454 g/mol.